The van der Waals surface area contributed by atoms with E-state index < -0.39 is 127 Å². The van der Waals surface area contributed by atoms with E-state index in [1.165, 1.54) is 0 Å². The third-order valence-electron chi connectivity index (χ3n) is 6.17. The van der Waals surface area contributed by atoms with E-state index in [0.29, 0.717) is 0 Å². The SMILES string of the molecule is CCCN(C(P(=O)(O)O)P(=O)(O)O)C(C)(P(=O)(O)O)P(=O)(O)SP(=O)(O)C(C)(N(CCC)C(P(=O)(O)O)P(=O)(O)O)P(=O)(O)O. The summed E-state index contributed by atoms with van der Waals surface area (Å²) in [5, 5.41) is -8.38. The topological polar surface area (TPSA) is 426 Å². The van der Waals surface area contributed by atoms with Gasteiger partial charge in [0, 0.05) is 24.1 Å². The lowest BCUT2D eigenvalue weighted by Crippen LogP contribution is -2.52. The highest BCUT2D eigenvalue weighted by Gasteiger charge is 2.72. The van der Waals surface area contributed by atoms with E-state index in [-0.39, 0.29) is 13.8 Å². The zero-order chi connectivity index (χ0) is 36.8. The molecule has 0 aliphatic heterocycles. The highest BCUT2D eigenvalue weighted by atomic mass is 33.1. The van der Waals surface area contributed by atoms with Gasteiger partial charge in [-0.15, -0.1) is 0 Å². The van der Waals surface area contributed by atoms with Crippen molar-refractivity contribution in [2.45, 2.75) is 61.6 Å². The first-order valence-corrected chi connectivity index (χ1v) is 26.9. The van der Waals surface area contributed by atoms with E-state index in [1.54, 1.807) is 0 Å². The van der Waals surface area contributed by atoms with Gasteiger partial charge in [-0.05, 0) is 26.7 Å². The molecule has 4 unspecified atom stereocenters. The molecule has 0 aromatic heterocycles. The van der Waals surface area contributed by atoms with Crippen LogP contribution < -0.4 is 0 Å². The van der Waals surface area contributed by atoms with E-state index in [0.717, 1.165) is 13.8 Å². The molecule has 33 heteroatoms. The molecule has 0 saturated heterocycles. The zero-order valence-electron chi connectivity index (χ0n) is 23.4. The maximum absolute atomic E-state index is 13.9. The highest BCUT2D eigenvalue weighted by Crippen LogP contribution is 2.92. The Morgan fingerprint density at radius 3 is 0.822 bits per heavy atom. The summed E-state index contributed by atoms with van der Waals surface area (Å²) in [6.07, 6.45) is -1.07. The first-order valence-electron chi connectivity index (χ1n) is 11.6. The lowest BCUT2D eigenvalue weighted by atomic mass is 10.4. The largest absolute Gasteiger partial charge is 0.356 e. The van der Waals surface area contributed by atoms with Gasteiger partial charge in [0.15, 0.2) is 0 Å². The molecule has 272 valence electrons. The van der Waals surface area contributed by atoms with Crippen LogP contribution in [0.4, 0.5) is 0 Å². The van der Waals surface area contributed by atoms with Gasteiger partial charge in [0.1, 0.15) is 0 Å². The van der Waals surface area contributed by atoms with Gasteiger partial charge >= 0.3 is 45.6 Å². The Labute approximate surface area is 259 Å². The molecule has 24 nitrogen and oxygen atoms in total. The Morgan fingerprint density at radius 1 is 0.489 bits per heavy atom. The Kier molecular flexibility index (Phi) is 15.2. The summed E-state index contributed by atoms with van der Waals surface area (Å²) in [4.78, 5) is 139. The van der Waals surface area contributed by atoms with Gasteiger partial charge in [-0.2, -0.15) is 0 Å². The Balaban J connectivity index is 8.11. The molecule has 0 radical (unpaired) electrons. The fraction of sp³-hybridized carbons (Fsp3) is 1.00. The molecule has 0 heterocycles. The van der Waals surface area contributed by atoms with Crippen molar-refractivity contribution in [1.82, 2.24) is 9.80 Å². The number of hydrogen-bond acceptors (Lipinski definition) is 11. The minimum atomic E-state index is -6.65. The van der Waals surface area contributed by atoms with Crippen molar-refractivity contribution in [2.24, 2.45) is 0 Å². The van der Waals surface area contributed by atoms with Crippen molar-refractivity contribution in [3.63, 3.8) is 0 Å². The maximum atomic E-state index is 13.9. The molecule has 0 aliphatic rings. The minimum Gasteiger partial charge on any atom is -0.335 e. The lowest BCUT2D eigenvalue weighted by molar-refractivity contribution is 0.165. The van der Waals surface area contributed by atoms with Crippen LogP contribution in [-0.4, -0.2) is 112 Å². The molecule has 0 rings (SSSR count). The molecular weight excluding hydrogens is 804 g/mol. The summed E-state index contributed by atoms with van der Waals surface area (Å²) >= 11 is -1.50. The van der Waals surface area contributed by atoms with Crippen molar-refractivity contribution >= 4 is 69.7 Å². The van der Waals surface area contributed by atoms with Crippen LogP contribution in [0.5, 0.6) is 0 Å². The van der Waals surface area contributed by atoms with E-state index in [4.69, 9.17) is 0 Å². The van der Waals surface area contributed by atoms with Gasteiger partial charge in [0.2, 0.25) is 21.1 Å². The second kappa shape index (κ2) is 14.7. The van der Waals surface area contributed by atoms with E-state index in [1.807, 2.05) is 0 Å². The summed E-state index contributed by atoms with van der Waals surface area (Å²) in [6, 6.07) is 0. The molecule has 0 saturated carbocycles. The van der Waals surface area contributed by atoms with Crippen LogP contribution in [0.2, 0.25) is 0 Å². The van der Waals surface area contributed by atoms with Crippen LogP contribution in [0, 0.1) is 0 Å². The third kappa shape index (κ3) is 9.87. The molecular formula is C12H36N2O22P8S. The van der Waals surface area contributed by atoms with Gasteiger partial charge in [-0.25, -0.2) is 0 Å². The molecule has 0 amide bonds. The number of rotatable bonds is 18. The van der Waals surface area contributed by atoms with Crippen LogP contribution >= 0.6 is 69.7 Å². The summed E-state index contributed by atoms with van der Waals surface area (Å²) in [7, 11) is -38.2. The average molecular weight is 840 g/mol. The maximum Gasteiger partial charge on any atom is 0.356 e. The van der Waals surface area contributed by atoms with Crippen molar-refractivity contribution in [2.75, 3.05) is 13.1 Å². The first-order chi connectivity index (χ1) is 19.3. The van der Waals surface area contributed by atoms with Crippen molar-refractivity contribution in [3.8, 4) is 0 Å². The van der Waals surface area contributed by atoms with Gasteiger partial charge in [0.25, 0.3) is 13.1 Å². The zero-order valence-corrected chi connectivity index (χ0v) is 31.4. The van der Waals surface area contributed by atoms with Crippen molar-refractivity contribution < 1.29 is 105 Å². The fourth-order valence-electron chi connectivity index (χ4n) is 3.99. The lowest BCUT2D eigenvalue weighted by Gasteiger charge is -2.49. The highest BCUT2D eigenvalue weighted by molar-refractivity contribution is 8.87. The van der Waals surface area contributed by atoms with Crippen LogP contribution in [-0.2, 0) is 36.5 Å². The summed E-state index contributed by atoms with van der Waals surface area (Å²) < 4.78 is 102. The van der Waals surface area contributed by atoms with E-state index >= 15 is 0 Å². The van der Waals surface area contributed by atoms with E-state index in [2.05, 4.69) is 0 Å². The van der Waals surface area contributed by atoms with Gasteiger partial charge in [-0.1, -0.05) is 13.8 Å². The van der Waals surface area contributed by atoms with Gasteiger partial charge in [0.05, 0.1) is 0 Å². The monoisotopic (exact) mass is 840 g/mol. The van der Waals surface area contributed by atoms with Gasteiger partial charge in [-0.3, -0.25) is 46.3 Å². The second-order valence-electron chi connectivity index (χ2n) is 9.59. The van der Waals surface area contributed by atoms with Gasteiger partial charge < -0.3 is 68.5 Å². The normalized spacial score (nSPS) is 20.2. The van der Waals surface area contributed by atoms with Crippen LogP contribution in [0.1, 0.15) is 40.5 Å². The summed E-state index contributed by atoms with van der Waals surface area (Å²) in [6.45, 7) is -13.6. The standard InChI is InChI=1S/C12H36N2O22P8S/c1-5-7-13(9(37(15,16)17)38(18,19)20)11(3,41(27,28)29)43(33,34)45-44(35,36)12(4,42(30,31)32)14(8-6-2)10(39(21,22)23)40(24,25)26/h9-10H,5-8H2,1-4H3,(H,33,34)(H,35,36)(H2,15,16,17)(H2,18,19,20)(H2,21,22,23)(H2,24,25,26)(H2,27,28,29)(H2,30,31,32). The predicted molar refractivity (Wildman–Crippen MR) is 158 cm³/mol. The number of nitrogens with zero attached hydrogens (tertiary/aromatic N) is 2. The predicted octanol–water partition coefficient (Wildman–Crippen LogP) is 0.495. The second-order valence-corrected chi connectivity index (χ2v) is 30.6. The molecule has 0 fully saturated rings. The Bertz CT molecular complexity index is 1320. The Morgan fingerprint density at radius 2 is 0.689 bits per heavy atom. The number of hydrogen-bond donors (Lipinski definition) is 14. The molecule has 0 aliphatic carbocycles. The molecule has 14 N–H and O–H groups in total. The van der Waals surface area contributed by atoms with Crippen molar-refractivity contribution in [3.05, 3.63) is 0 Å². The van der Waals surface area contributed by atoms with Crippen LogP contribution in [0.25, 0.3) is 0 Å². The minimum absolute atomic E-state index is 0.0116. The van der Waals surface area contributed by atoms with E-state index in [9.17, 15) is 105 Å². The quantitative estimate of drug-likeness (QED) is 0.0835. The molecule has 0 spiro atoms. The van der Waals surface area contributed by atoms with Crippen LogP contribution in [0.15, 0.2) is 0 Å². The molecule has 4 atom stereocenters. The Hall–Kier alpha value is 1.55. The summed E-state index contributed by atoms with van der Waals surface area (Å²) in [5.41, 5.74) is -7.19. The van der Waals surface area contributed by atoms with Crippen LogP contribution in [0.3, 0.4) is 0 Å². The fourth-order valence-corrected chi connectivity index (χ4v) is 27.9. The van der Waals surface area contributed by atoms with Crippen molar-refractivity contribution in [1.29, 1.82) is 0 Å². The molecule has 0 aromatic rings. The molecule has 0 bridgehead atoms. The first kappa shape index (κ1) is 46.5. The molecule has 45 heavy (non-hydrogen) atoms. The summed E-state index contributed by atoms with van der Waals surface area (Å²) in [5.74, 6) is 0. The molecule has 0 aromatic carbocycles. The average Bonchev–Trinajstić information content (AvgIpc) is 2.70. The third-order valence-corrected chi connectivity index (χ3v) is 30.6. The smallest absolute Gasteiger partial charge is 0.335 e.